The molecular formula is C20H11Cl2NO6. The fourth-order valence-electron chi connectivity index (χ4n) is 3.00. The number of hydrogen-bond donors (Lipinski definition) is 0. The van der Waals surface area contributed by atoms with Crippen LogP contribution in [0.1, 0.15) is 5.76 Å². The van der Waals surface area contributed by atoms with E-state index in [9.17, 15) is 4.79 Å². The lowest BCUT2D eigenvalue weighted by molar-refractivity contribution is 0.174. The summed E-state index contributed by atoms with van der Waals surface area (Å²) in [7, 11) is 0. The van der Waals surface area contributed by atoms with Crippen molar-refractivity contribution in [1.29, 1.82) is 0 Å². The van der Waals surface area contributed by atoms with Gasteiger partial charge in [-0.1, -0.05) is 28.4 Å². The number of benzene rings is 2. The summed E-state index contributed by atoms with van der Waals surface area (Å²) in [6.45, 7) is 0.191. The van der Waals surface area contributed by atoms with Gasteiger partial charge in [0, 0.05) is 22.7 Å². The highest BCUT2D eigenvalue weighted by Crippen LogP contribution is 2.40. The lowest BCUT2D eigenvalue weighted by Crippen LogP contribution is -2.01. The molecule has 9 heteroatoms. The lowest BCUT2D eigenvalue weighted by atomic mass is 10.1. The standard InChI is InChI=1S/C20H11Cl2NO6/c21-10-1-2-16-13(3-10)17(7-20(24)28-16)25-8-11-4-15(23-29-11)12-5-18-19(6-14(12)22)27-9-26-18/h1-7H,8-9H2. The van der Waals surface area contributed by atoms with Crippen molar-refractivity contribution in [2.45, 2.75) is 6.61 Å². The molecule has 0 amide bonds. The minimum Gasteiger partial charge on any atom is -0.484 e. The van der Waals surface area contributed by atoms with Crippen molar-refractivity contribution >= 4 is 34.2 Å². The molecule has 0 saturated carbocycles. The van der Waals surface area contributed by atoms with Gasteiger partial charge in [-0.15, -0.1) is 0 Å². The Morgan fingerprint density at radius 1 is 1.03 bits per heavy atom. The largest absolute Gasteiger partial charge is 0.484 e. The number of halogens is 2. The van der Waals surface area contributed by atoms with Crippen molar-refractivity contribution in [2.75, 3.05) is 6.79 Å². The molecule has 1 aliphatic heterocycles. The van der Waals surface area contributed by atoms with E-state index >= 15 is 0 Å². The Hall–Kier alpha value is -3.16. The molecule has 146 valence electrons. The van der Waals surface area contributed by atoms with Crippen LogP contribution in [0, 0.1) is 0 Å². The van der Waals surface area contributed by atoms with E-state index in [0.29, 0.717) is 55.3 Å². The third-order valence-corrected chi connectivity index (χ3v) is 4.88. The summed E-state index contributed by atoms with van der Waals surface area (Å²) in [5, 5.41) is 5.57. The highest BCUT2D eigenvalue weighted by molar-refractivity contribution is 6.33. The van der Waals surface area contributed by atoms with Crippen molar-refractivity contribution in [2.24, 2.45) is 0 Å². The van der Waals surface area contributed by atoms with Crippen molar-refractivity contribution in [3.05, 3.63) is 68.7 Å². The van der Waals surface area contributed by atoms with Gasteiger partial charge in [-0.3, -0.25) is 0 Å². The Kier molecular flexibility index (Phi) is 4.34. The molecule has 0 unspecified atom stereocenters. The summed E-state index contributed by atoms with van der Waals surface area (Å²) in [5.74, 6) is 1.94. The first-order valence-corrected chi connectivity index (χ1v) is 9.24. The second-order valence-corrected chi connectivity index (χ2v) is 7.07. The van der Waals surface area contributed by atoms with Crippen LogP contribution in [0.2, 0.25) is 10.0 Å². The predicted octanol–water partition coefficient (Wildman–Crippen LogP) is 5.06. The quantitative estimate of drug-likeness (QED) is 0.417. The van der Waals surface area contributed by atoms with Crippen LogP contribution in [0.5, 0.6) is 17.2 Å². The van der Waals surface area contributed by atoms with Crippen molar-refractivity contribution in [1.82, 2.24) is 5.16 Å². The van der Waals surface area contributed by atoms with Crippen LogP contribution < -0.4 is 19.8 Å². The zero-order chi connectivity index (χ0) is 20.0. The summed E-state index contributed by atoms with van der Waals surface area (Å²) in [4.78, 5) is 11.8. The molecule has 0 fully saturated rings. The maximum absolute atomic E-state index is 11.8. The molecule has 2 aromatic carbocycles. The van der Waals surface area contributed by atoms with E-state index in [-0.39, 0.29) is 13.4 Å². The Morgan fingerprint density at radius 2 is 1.86 bits per heavy atom. The third-order valence-electron chi connectivity index (χ3n) is 4.33. The number of rotatable bonds is 4. The first kappa shape index (κ1) is 17.9. The summed E-state index contributed by atoms with van der Waals surface area (Å²) >= 11 is 12.4. The number of ether oxygens (including phenoxy) is 3. The molecular weight excluding hydrogens is 421 g/mol. The first-order chi connectivity index (χ1) is 14.1. The molecule has 7 nitrogen and oxygen atoms in total. The normalized spacial score (nSPS) is 12.5. The Balaban J connectivity index is 1.41. The minimum atomic E-state index is -0.528. The molecule has 0 aliphatic carbocycles. The molecule has 0 bridgehead atoms. The van der Waals surface area contributed by atoms with Gasteiger partial charge >= 0.3 is 5.63 Å². The van der Waals surface area contributed by atoms with Gasteiger partial charge in [-0.2, -0.15) is 0 Å². The third kappa shape index (κ3) is 3.39. The predicted molar refractivity (Wildman–Crippen MR) is 105 cm³/mol. The highest BCUT2D eigenvalue weighted by Gasteiger charge is 2.19. The van der Waals surface area contributed by atoms with Gasteiger partial charge in [0.15, 0.2) is 17.3 Å². The average Bonchev–Trinajstić information content (AvgIpc) is 3.34. The van der Waals surface area contributed by atoms with E-state index < -0.39 is 5.63 Å². The van der Waals surface area contributed by atoms with E-state index in [4.69, 9.17) is 46.4 Å². The zero-order valence-electron chi connectivity index (χ0n) is 14.6. The SMILES string of the molecule is O=c1cc(OCc2cc(-c3cc4c(cc3Cl)OCO4)no2)c2cc(Cl)ccc2o1. The summed E-state index contributed by atoms with van der Waals surface area (Å²) in [6.07, 6.45) is 0. The van der Waals surface area contributed by atoms with Crippen LogP contribution in [0.4, 0.5) is 0 Å². The summed E-state index contributed by atoms with van der Waals surface area (Å²) in [6, 6.07) is 11.3. The van der Waals surface area contributed by atoms with E-state index in [1.54, 1.807) is 36.4 Å². The second kappa shape index (κ2) is 7.02. The van der Waals surface area contributed by atoms with Crippen molar-refractivity contribution in [3.8, 4) is 28.5 Å². The smallest absolute Gasteiger partial charge is 0.339 e. The minimum absolute atomic E-state index is 0.0419. The molecule has 1 aliphatic rings. The van der Waals surface area contributed by atoms with Crippen LogP contribution in [0.15, 0.2) is 56.2 Å². The van der Waals surface area contributed by atoms with Gasteiger partial charge in [-0.05, 0) is 24.3 Å². The molecule has 0 spiro atoms. The van der Waals surface area contributed by atoms with Crippen LogP contribution in [0.3, 0.4) is 0 Å². The fourth-order valence-corrected chi connectivity index (χ4v) is 3.42. The van der Waals surface area contributed by atoms with Gasteiger partial charge in [0.1, 0.15) is 23.6 Å². The molecule has 0 radical (unpaired) electrons. The summed E-state index contributed by atoms with van der Waals surface area (Å²) in [5.41, 5.74) is 1.01. The van der Waals surface area contributed by atoms with Crippen LogP contribution in [0.25, 0.3) is 22.2 Å². The van der Waals surface area contributed by atoms with E-state index in [2.05, 4.69) is 5.16 Å². The number of fused-ring (bicyclic) bond motifs is 2. The Morgan fingerprint density at radius 3 is 2.72 bits per heavy atom. The molecule has 0 saturated heterocycles. The lowest BCUT2D eigenvalue weighted by Gasteiger charge is -2.06. The second-order valence-electron chi connectivity index (χ2n) is 6.22. The fraction of sp³-hybridized carbons (Fsp3) is 0.100. The van der Waals surface area contributed by atoms with Gasteiger partial charge in [0.2, 0.25) is 6.79 Å². The molecule has 3 heterocycles. The molecule has 0 N–H and O–H groups in total. The van der Waals surface area contributed by atoms with E-state index in [1.165, 1.54) is 6.07 Å². The van der Waals surface area contributed by atoms with Gasteiger partial charge < -0.3 is 23.2 Å². The van der Waals surface area contributed by atoms with Gasteiger partial charge in [-0.25, -0.2) is 4.79 Å². The first-order valence-electron chi connectivity index (χ1n) is 8.48. The topological polar surface area (TPSA) is 83.9 Å². The van der Waals surface area contributed by atoms with E-state index in [0.717, 1.165) is 0 Å². The zero-order valence-corrected chi connectivity index (χ0v) is 16.1. The monoisotopic (exact) mass is 431 g/mol. The van der Waals surface area contributed by atoms with Crippen LogP contribution in [-0.2, 0) is 6.61 Å². The maximum Gasteiger partial charge on any atom is 0.339 e. The Labute approximate surface area is 173 Å². The molecule has 29 heavy (non-hydrogen) atoms. The molecule has 2 aromatic heterocycles. The number of hydrogen-bond acceptors (Lipinski definition) is 7. The van der Waals surface area contributed by atoms with Crippen molar-refractivity contribution in [3.63, 3.8) is 0 Å². The average molecular weight is 432 g/mol. The summed E-state index contributed by atoms with van der Waals surface area (Å²) < 4.78 is 26.9. The highest BCUT2D eigenvalue weighted by atomic mass is 35.5. The van der Waals surface area contributed by atoms with Crippen LogP contribution in [-0.4, -0.2) is 11.9 Å². The van der Waals surface area contributed by atoms with Crippen LogP contribution >= 0.6 is 23.2 Å². The maximum atomic E-state index is 11.8. The molecule has 0 atom stereocenters. The molecule has 5 rings (SSSR count). The van der Waals surface area contributed by atoms with Gasteiger partial charge in [0.25, 0.3) is 0 Å². The molecule has 4 aromatic rings. The van der Waals surface area contributed by atoms with Gasteiger partial charge in [0.05, 0.1) is 16.5 Å². The number of aromatic nitrogens is 1. The Bertz CT molecular complexity index is 1300. The van der Waals surface area contributed by atoms with Crippen molar-refractivity contribution < 1.29 is 23.2 Å². The van der Waals surface area contributed by atoms with E-state index in [1.807, 2.05) is 0 Å². The number of nitrogens with zero attached hydrogens (tertiary/aromatic N) is 1.